The first-order valence-corrected chi connectivity index (χ1v) is 7.21. The monoisotopic (exact) mass is 330 g/mol. The summed E-state index contributed by atoms with van der Waals surface area (Å²) in [6.45, 7) is 0. The van der Waals surface area contributed by atoms with Crippen LogP contribution >= 0.6 is 46.8 Å². The van der Waals surface area contributed by atoms with Crippen LogP contribution in [0.4, 0.5) is 5.69 Å². The van der Waals surface area contributed by atoms with E-state index >= 15 is 0 Å². The van der Waals surface area contributed by atoms with Crippen molar-refractivity contribution in [2.45, 2.75) is 0 Å². The molecule has 7 heteroatoms. The molecule has 0 atom stereocenters. The van der Waals surface area contributed by atoms with Crippen molar-refractivity contribution in [3.63, 3.8) is 0 Å². The van der Waals surface area contributed by atoms with Gasteiger partial charge in [0.25, 0.3) is 5.91 Å². The highest BCUT2D eigenvalue weighted by atomic mass is 35.5. The van der Waals surface area contributed by atoms with Gasteiger partial charge in [-0.25, -0.2) is 0 Å². The van der Waals surface area contributed by atoms with Crippen LogP contribution in [0.3, 0.4) is 0 Å². The number of benzene rings is 1. The number of rotatable bonds is 2. The molecule has 1 amide bonds. The number of carbonyl (C=O) groups excluding carboxylic acids is 1. The number of hydrogen-bond donors (Lipinski definition) is 2. The minimum absolute atomic E-state index is 0.183. The van der Waals surface area contributed by atoms with Gasteiger partial charge >= 0.3 is 0 Å². The van der Waals surface area contributed by atoms with Crippen LogP contribution in [-0.4, -0.2) is 11.0 Å². The molecule has 2 aromatic rings. The molecule has 0 aliphatic carbocycles. The Labute approximate surface area is 129 Å². The molecule has 98 valence electrons. The minimum Gasteiger partial charge on any atom is -0.331 e. The van der Waals surface area contributed by atoms with Crippen molar-refractivity contribution >= 4 is 63.5 Å². The van der Waals surface area contributed by atoms with Crippen molar-refractivity contribution in [1.82, 2.24) is 5.32 Å². The average molecular weight is 331 g/mol. The standard InChI is InChI=1S/C12H8Cl2N2OS2/c13-7-3-4-9(8(14)6-7)15-12(18)16-11(17)10-2-1-5-19-10/h1-6H,(H2,15,16,17,18). The fourth-order valence-electron chi connectivity index (χ4n) is 1.32. The molecule has 0 spiro atoms. The van der Waals surface area contributed by atoms with Gasteiger partial charge in [0.05, 0.1) is 15.6 Å². The van der Waals surface area contributed by atoms with Crippen LogP contribution in [0.25, 0.3) is 0 Å². The summed E-state index contributed by atoms with van der Waals surface area (Å²) in [5, 5.41) is 8.38. The van der Waals surface area contributed by atoms with E-state index in [4.69, 9.17) is 35.4 Å². The molecule has 1 aromatic heterocycles. The maximum absolute atomic E-state index is 11.8. The summed E-state index contributed by atoms with van der Waals surface area (Å²) in [7, 11) is 0. The third-order valence-electron chi connectivity index (χ3n) is 2.15. The predicted molar refractivity (Wildman–Crippen MR) is 84.5 cm³/mol. The van der Waals surface area contributed by atoms with Crippen LogP contribution in [0.5, 0.6) is 0 Å². The first kappa shape index (κ1) is 14.3. The first-order chi connectivity index (χ1) is 9.06. The highest BCUT2D eigenvalue weighted by Crippen LogP contribution is 2.25. The largest absolute Gasteiger partial charge is 0.331 e. The third kappa shape index (κ3) is 3.91. The van der Waals surface area contributed by atoms with Crippen molar-refractivity contribution in [2.75, 3.05) is 5.32 Å². The number of carbonyl (C=O) groups is 1. The molecule has 0 aliphatic heterocycles. The zero-order chi connectivity index (χ0) is 13.8. The van der Waals surface area contributed by atoms with Gasteiger partial charge in [0.15, 0.2) is 5.11 Å². The van der Waals surface area contributed by atoms with Crippen molar-refractivity contribution in [3.05, 3.63) is 50.6 Å². The second-order valence-electron chi connectivity index (χ2n) is 3.51. The van der Waals surface area contributed by atoms with Gasteiger partial charge in [0, 0.05) is 5.02 Å². The molecule has 0 fully saturated rings. The smallest absolute Gasteiger partial charge is 0.267 e. The molecule has 0 aliphatic rings. The van der Waals surface area contributed by atoms with Crippen LogP contribution < -0.4 is 10.6 Å². The number of amides is 1. The molecule has 0 saturated heterocycles. The zero-order valence-electron chi connectivity index (χ0n) is 9.44. The molecule has 1 aromatic carbocycles. The molecular weight excluding hydrogens is 323 g/mol. The molecule has 1 heterocycles. The second-order valence-corrected chi connectivity index (χ2v) is 5.71. The molecule has 2 N–H and O–H groups in total. The topological polar surface area (TPSA) is 41.1 Å². The minimum atomic E-state index is -0.252. The lowest BCUT2D eigenvalue weighted by molar-refractivity contribution is 0.0981. The molecule has 0 bridgehead atoms. The van der Waals surface area contributed by atoms with E-state index in [0.29, 0.717) is 20.6 Å². The highest BCUT2D eigenvalue weighted by molar-refractivity contribution is 7.80. The van der Waals surface area contributed by atoms with Crippen LogP contribution in [-0.2, 0) is 0 Å². The number of thiophene rings is 1. The second kappa shape index (κ2) is 6.34. The van der Waals surface area contributed by atoms with Crippen molar-refractivity contribution < 1.29 is 4.79 Å². The zero-order valence-corrected chi connectivity index (χ0v) is 12.6. The molecule has 3 nitrogen and oxygen atoms in total. The molecule has 0 saturated carbocycles. The Morgan fingerprint density at radius 3 is 2.68 bits per heavy atom. The normalized spacial score (nSPS) is 10.0. The van der Waals surface area contributed by atoms with Gasteiger partial charge in [-0.1, -0.05) is 29.3 Å². The van der Waals surface area contributed by atoms with Crippen molar-refractivity contribution in [3.8, 4) is 0 Å². The van der Waals surface area contributed by atoms with E-state index in [-0.39, 0.29) is 11.0 Å². The summed E-state index contributed by atoms with van der Waals surface area (Å²) < 4.78 is 0. The summed E-state index contributed by atoms with van der Waals surface area (Å²) in [6.07, 6.45) is 0. The van der Waals surface area contributed by atoms with Gasteiger partial charge in [-0.2, -0.15) is 0 Å². The number of anilines is 1. The van der Waals surface area contributed by atoms with Gasteiger partial charge in [0.2, 0.25) is 0 Å². The Kier molecular flexibility index (Phi) is 4.76. The SMILES string of the molecule is O=C(NC(=S)Nc1ccc(Cl)cc1Cl)c1cccs1. The Hall–Kier alpha value is -1.14. The van der Waals surface area contributed by atoms with Gasteiger partial charge in [-0.05, 0) is 41.9 Å². The first-order valence-electron chi connectivity index (χ1n) is 5.17. The lowest BCUT2D eigenvalue weighted by Crippen LogP contribution is -2.33. The fourth-order valence-corrected chi connectivity index (χ4v) is 2.59. The Morgan fingerprint density at radius 1 is 1.26 bits per heavy atom. The quantitative estimate of drug-likeness (QED) is 0.811. The summed E-state index contributed by atoms with van der Waals surface area (Å²) in [5.74, 6) is -0.252. The highest BCUT2D eigenvalue weighted by Gasteiger charge is 2.09. The van der Waals surface area contributed by atoms with Crippen LogP contribution in [0.1, 0.15) is 9.67 Å². The van der Waals surface area contributed by atoms with Crippen LogP contribution in [0, 0.1) is 0 Å². The molecule has 2 rings (SSSR count). The lowest BCUT2D eigenvalue weighted by Gasteiger charge is -2.10. The van der Waals surface area contributed by atoms with Crippen LogP contribution in [0.15, 0.2) is 35.7 Å². The maximum Gasteiger partial charge on any atom is 0.267 e. The Morgan fingerprint density at radius 2 is 2.05 bits per heavy atom. The van der Waals surface area contributed by atoms with E-state index in [9.17, 15) is 4.79 Å². The summed E-state index contributed by atoms with van der Waals surface area (Å²) >= 11 is 18.2. The van der Waals surface area contributed by atoms with Gasteiger partial charge in [-0.15, -0.1) is 11.3 Å². The summed E-state index contributed by atoms with van der Waals surface area (Å²) in [4.78, 5) is 12.4. The predicted octanol–water partition coefficient (Wildman–Crippen LogP) is 4.18. The van der Waals surface area contributed by atoms with Crippen molar-refractivity contribution in [2.24, 2.45) is 0 Å². The van der Waals surface area contributed by atoms with E-state index < -0.39 is 0 Å². The lowest BCUT2D eigenvalue weighted by atomic mass is 10.3. The van der Waals surface area contributed by atoms with Crippen LogP contribution in [0.2, 0.25) is 10.0 Å². The van der Waals surface area contributed by atoms with E-state index in [1.54, 1.807) is 30.3 Å². The molecule has 0 unspecified atom stereocenters. The third-order valence-corrected chi connectivity index (χ3v) is 3.77. The van der Waals surface area contributed by atoms with Crippen molar-refractivity contribution in [1.29, 1.82) is 0 Å². The Balaban J connectivity index is 2.00. The Bertz CT molecular complexity index is 614. The molecule has 19 heavy (non-hydrogen) atoms. The van der Waals surface area contributed by atoms with Gasteiger partial charge in [0.1, 0.15) is 0 Å². The summed E-state index contributed by atoms with van der Waals surface area (Å²) in [5.41, 5.74) is 0.586. The number of nitrogens with one attached hydrogen (secondary N) is 2. The van der Waals surface area contributed by atoms with Gasteiger partial charge in [-0.3, -0.25) is 10.1 Å². The van der Waals surface area contributed by atoms with E-state index in [0.717, 1.165) is 0 Å². The van der Waals surface area contributed by atoms with E-state index in [2.05, 4.69) is 10.6 Å². The summed E-state index contributed by atoms with van der Waals surface area (Å²) in [6, 6.07) is 8.48. The molecule has 0 radical (unpaired) electrons. The van der Waals surface area contributed by atoms with Gasteiger partial charge < -0.3 is 5.32 Å². The number of thiocarbonyl (C=S) groups is 1. The maximum atomic E-state index is 11.8. The number of halogens is 2. The van der Waals surface area contributed by atoms with E-state index in [1.165, 1.54) is 11.3 Å². The average Bonchev–Trinajstić information content (AvgIpc) is 2.86. The molecular formula is C12H8Cl2N2OS2. The number of hydrogen-bond acceptors (Lipinski definition) is 3. The van der Waals surface area contributed by atoms with E-state index in [1.807, 2.05) is 5.38 Å². The fraction of sp³-hybridized carbons (Fsp3) is 0.